The van der Waals surface area contributed by atoms with Crippen LogP contribution in [0.1, 0.15) is 53.9 Å². The Morgan fingerprint density at radius 3 is 2.69 bits per heavy atom. The maximum absolute atomic E-state index is 6.94. The minimum Gasteiger partial charge on any atom is -0.467 e. The molecule has 8 nitrogen and oxygen atoms in total. The van der Waals surface area contributed by atoms with Crippen LogP contribution in [0, 0.1) is 0 Å². The van der Waals surface area contributed by atoms with Gasteiger partial charge in [0.25, 0.3) is 0 Å². The summed E-state index contributed by atoms with van der Waals surface area (Å²) in [5.74, 6) is 0.925. The molecule has 3 aromatic heterocycles. The summed E-state index contributed by atoms with van der Waals surface area (Å²) in [6.45, 7) is 5.25. The molecule has 2 aliphatic rings. The number of ether oxygens (including phenoxy) is 1. The normalized spacial score (nSPS) is 17.4. The summed E-state index contributed by atoms with van der Waals surface area (Å²) in [7, 11) is 3.85. The van der Waals surface area contributed by atoms with E-state index in [0.29, 0.717) is 17.6 Å². The van der Waals surface area contributed by atoms with Crippen LogP contribution in [-0.4, -0.2) is 50.3 Å². The summed E-state index contributed by atoms with van der Waals surface area (Å²) in [6.07, 6.45) is 5.71. The van der Waals surface area contributed by atoms with E-state index in [-0.39, 0.29) is 6.04 Å². The molecule has 0 radical (unpaired) electrons. The first-order chi connectivity index (χ1) is 19.1. The van der Waals surface area contributed by atoms with E-state index in [1.807, 2.05) is 22.9 Å². The second kappa shape index (κ2) is 10.9. The van der Waals surface area contributed by atoms with Crippen LogP contribution >= 0.6 is 11.6 Å². The first-order valence-electron chi connectivity index (χ1n) is 13.7. The molecule has 0 spiro atoms. The van der Waals surface area contributed by atoms with Crippen molar-refractivity contribution in [3.63, 3.8) is 0 Å². The third-order valence-electron chi connectivity index (χ3n) is 7.83. The van der Waals surface area contributed by atoms with Crippen molar-refractivity contribution < 1.29 is 4.74 Å². The van der Waals surface area contributed by atoms with Crippen molar-refractivity contribution in [3.05, 3.63) is 81.8 Å². The molecule has 1 aromatic carbocycles. The van der Waals surface area contributed by atoms with Crippen LogP contribution < -0.4 is 9.64 Å². The maximum Gasteiger partial charge on any atom is 0.318 e. The number of anilines is 1. The van der Waals surface area contributed by atoms with Crippen LogP contribution in [0.25, 0.3) is 11.4 Å². The van der Waals surface area contributed by atoms with Gasteiger partial charge in [-0.15, -0.1) is 0 Å². The lowest BCUT2D eigenvalue weighted by Gasteiger charge is -2.37. The molecule has 202 valence electrons. The van der Waals surface area contributed by atoms with Crippen molar-refractivity contribution in [1.82, 2.24) is 29.6 Å². The minimum atomic E-state index is 0.258. The number of methoxy groups -OCH3 is 1. The molecule has 1 atom stereocenters. The van der Waals surface area contributed by atoms with Gasteiger partial charge in [-0.1, -0.05) is 55.3 Å². The number of nitrogens with zero attached hydrogens (tertiary/aromatic N) is 7. The standard InChI is InChI=1S/C30H34ClN7O/c1-4-10-20-11-5-6-12-21(20)25-17-24-22(18-36(25)2)29(34-30(33-24)39-3)37-15-9-16-38-26(19-37)27(31)28(35-38)23-13-7-8-14-32-23/h5-8,11-14,25H,4,9-10,15-19H2,1-3H3. The van der Waals surface area contributed by atoms with E-state index >= 15 is 0 Å². The second-order valence-electron chi connectivity index (χ2n) is 10.4. The predicted molar refractivity (Wildman–Crippen MR) is 153 cm³/mol. The molecule has 0 aliphatic carbocycles. The lowest BCUT2D eigenvalue weighted by atomic mass is 9.89. The van der Waals surface area contributed by atoms with Gasteiger partial charge >= 0.3 is 6.01 Å². The molecule has 4 aromatic rings. The fourth-order valence-corrected chi connectivity index (χ4v) is 6.20. The second-order valence-corrected chi connectivity index (χ2v) is 10.7. The predicted octanol–water partition coefficient (Wildman–Crippen LogP) is 5.49. The Bertz CT molecular complexity index is 1470. The summed E-state index contributed by atoms with van der Waals surface area (Å²) in [5.41, 5.74) is 7.52. The smallest absolute Gasteiger partial charge is 0.318 e. The summed E-state index contributed by atoms with van der Waals surface area (Å²) in [5, 5.41) is 5.49. The van der Waals surface area contributed by atoms with Crippen LogP contribution in [0.15, 0.2) is 48.7 Å². The summed E-state index contributed by atoms with van der Waals surface area (Å²) >= 11 is 6.94. The van der Waals surface area contributed by atoms with Gasteiger partial charge in [0, 0.05) is 43.9 Å². The summed E-state index contributed by atoms with van der Waals surface area (Å²) in [4.78, 5) is 19.0. The van der Waals surface area contributed by atoms with Crippen molar-refractivity contribution in [2.24, 2.45) is 0 Å². The third kappa shape index (κ3) is 4.87. The minimum absolute atomic E-state index is 0.258. The van der Waals surface area contributed by atoms with Gasteiger partial charge in [-0.2, -0.15) is 15.1 Å². The number of hydrogen-bond acceptors (Lipinski definition) is 7. The van der Waals surface area contributed by atoms with Gasteiger partial charge in [0.05, 0.1) is 35.8 Å². The molecule has 0 N–H and O–H groups in total. The molecule has 9 heteroatoms. The highest BCUT2D eigenvalue weighted by Crippen LogP contribution is 2.39. The van der Waals surface area contributed by atoms with Crippen LogP contribution in [-0.2, 0) is 32.5 Å². The Balaban J connectivity index is 1.36. The van der Waals surface area contributed by atoms with Gasteiger partial charge in [0.2, 0.25) is 0 Å². The van der Waals surface area contributed by atoms with Crippen LogP contribution in [0.2, 0.25) is 5.02 Å². The zero-order chi connectivity index (χ0) is 26.9. The van der Waals surface area contributed by atoms with Crippen molar-refractivity contribution in [3.8, 4) is 17.4 Å². The first-order valence-corrected chi connectivity index (χ1v) is 14.1. The van der Waals surface area contributed by atoms with Crippen LogP contribution in [0.5, 0.6) is 6.01 Å². The highest BCUT2D eigenvalue weighted by molar-refractivity contribution is 6.33. The monoisotopic (exact) mass is 543 g/mol. The largest absolute Gasteiger partial charge is 0.467 e. The highest BCUT2D eigenvalue weighted by atomic mass is 35.5. The van der Waals surface area contributed by atoms with E-state index < -0.39 is 0 Å². The van der Waals surface area contributed by atoms with Crippen LogP contribution in [0.4, 0.5) is 5.82 Å². The average Bonchev–Trinajstić information content (AvgIpc) is 3.13. The Hall–Kier alpha value is -3.49. The molecule has 39 heavy (non-hydrogen) atoms. The highest BCUT2D eigenvalue weighted by Gasteiger charge is 2.33. The topological polar surface area (TPSA) is 72.2 Å². The Kier molecular flexibility index (Phi) is 7.23. The zero-order valence-corrected chi connectivity index (χ0v) is 23.5. The Morgan fingerprint density at radius 2 is 1.90 bits per heavy atom. The molecule has 0 fully saturated rings. The van der Waals surface area contributed by atoms with E-state index in [2.05, 4.69) is 53.0 Å². The fourth-order valence-electron chi connectivity index (χ4n) is 5.91. The van der Waals surface area contributed by atoms with Crippen molar-refractivity contribution >= 4 is 17.4 Å². The molecule has 0 saturated heterocycles. The molecule has 0 bridgehead atoms. The van der Waals surface area contributed by atoms with Gasteiger partial charge in [0.1, 0.15) is 11.5 Å². The first kappa shape index (κ1) is 25.8. The van der Waals surface area contributed by atoms with Crippen molar-refractivity contribution in [1.29, 1.82) is 0 Å². The number of likely N-dealkylation sites (N-methyl/N-ethyl adjacent to an activating group) is 1. The number of benzene rings is 1. The van der Waals surface area contributed by atoms with Gasteiger partial charge in [0.15, 0.2) is 0 Å². The number of halogens is 1. The number of hydrogen-bond donors (Lipinski definition) is 0. The molecular formula is C30H34ClN7O. The average molecular weight is 544 g/mol. The number of rotatable bonds is 6. The molecule has 2 aliphatic heterocycles. The third-order valence-corrected chi connectivity index (χ3v) is 8.23. The molecule has 1 unspecified atom stereocenters. The molecule has 6 rings (SSSR count). The maximum atomic E-state index is 6.94. The summed E-state index contributed by atoms with van der Waals surface area (Å²) < 4.78 is 7.65. The zero-order valence-electron chi connectivity index (χ0n) is 22.8. The molecule has 0 amide bonds. The SMILES string of the molecule is CCCc1ccccc1C1Cc2nc(OC)nc(N3CCCn4nc(-c5ccccn5)c(Cl)c4C3)c2CN1C. The number of aryl methyl sites for hydroxylation is 2. The Labute approximate surface area is 234 Å². The van der Waals surface area contributed by atoms with E-state index in [0.717, 1.165) is 79.5 Å². The molecular weight excluding hydrogens is 510 g/mol. The van der Waals surface area contributed by atoms with Gasteiger partial charge in [-0.25, -0.2) is 0 Å². The lowest BCUT2D eigenvalue weighted by molar-refractivity contribution is 0.212. The van der Waals surface area contributed by atoms with Gasteiger partial charge < -0.3 is 9.64 Å². The molecule has 5 heterocycles. The molecule has 0 saturated carbocycles. The number of aromatic nitrogens is 5. The van der Waals surface area contributed by atoms with Gasteiger partial charge in [-0.3, -0.25) is 14.6 Å². The van der Waals surface area contributed by atoms with Crippen molar-refractivity contribution in [2.75, 3.05) is 25.6 Å². The Morgan fingerprint density at radius 1 is 1.05 bits per heavy atom. The van der Waals surface area contributed by atoms with E-state index in [1.165, 1.54) is 11.1 Å². The van der Waals surface area contributed by atoms with Crippen LogP contribution in [0.3, 0.4) is 0 Å². The van der Waals surface area contributed by atoms with Gasteiger partial charge in [-0.05, 0) is 43.1 Å². The van der Waals surface area contributed by atoms with E-state index in [1.54, 1.807) is 13.3 Å². The lowest BCUT2D eigenvalue weighted by Crippen LogP contribution is -2.35. The van der Waals surface area contributed by atoms with E-state index in [9.17, 15) is 0 Å². The quantitative estimate of drug-likeness (QED) is 0.318. The number of pyridine rings is 1. The fraction of sp³-hybridized carbons (Fsp3) is 0.400. The summed E-state index contributed by atoms with van der Waals surface area (Å²) in [6, 6.07) is 15.3. The van der Waals surface area contributed by atoms with Crippen molar-refractivity contribution in [2.45, 2.75) is 58.3 Å². The van der Waals surface area contributed by atoms with E-state index in [4.69, 9.17) is 31.4 Å². The number of fused-ring (bicyclic) bond motifs is 2.